The lowest BCUT2D eigenvalue weighted by Crippen LogP contribution is -2.53. The van der Waals surface area contributed by atoms with Crippen LogP contribution in [0.1, 0.15) is 186 Å². The lowest BCUT2D eigenvalue weighted by molar-refractivity contribution is -0.139. The van der Waals surface area contributed by atoms with Crippen molar-refractivity contribution in [1.82, 2.24) is 5.32 Å². The van der Waals surface area contributed by atoms with Crippen LogP contribution >= 0.6 is 0 Å². The topological polar surface area (TPSA) is 152 Å². The van der Waals surface area contributed by atoms with Gasteiger partial charge in [0.2, 0.25) is 0 Å². The molecule has 2 fully saturated rings. The third kappa shape index (κ3) is 14.2. The minimum atomic E-state index is -4.84. The highest BCUT2D eigenvalue weighted by Gasteiger charge is 2.46. The van der Waals surface area contributed by atoms with Crippen molar-refractivity contribution in [2.45, 2.75) is 179 Å². The molecule has 0 spiro atoms. The highest BCUT2D eigenvalue weighted by atomic mass is 19.4. The number of amides is 3. The van der Waals surface area contributed by atoms with E-state index in [0.717, 1.165) is 62.6 Å². The molecule has 0 bridgehead atoms. The summed E-state index contributed by atoms with van der Waals surface area (Å²) in [6, 6.07) is 24.2. The number of aromatic carboxylic acids is 1. The maximum atomic E-state index is 14.2. The van der Waals surface area contributed by atoms with Gasteiger partial charge in [-0.25, -0.2) is 4.79 Å². The minimum absolute atomic E-state index is 0.0297. The van der Waals surface area contributed by atoms with E-state index in [1.807, 2.05) is 44.2 Å². The lowest BCUT2D eigenvalue weighted by Gasteiger charge is -2.39. The average Bonchev–Trinajstić information content (AvgIpc) is 3.36. The Morgan fingerprint density at radius 3 is 1.48 bits per heavy atom. The molecule has 0 radical (unpaired) electrons. The van der Waals surface area contributed by atoms with Crippen LogP contribution in [0.2, 0.25) is 0 Å². The van der Waals surface area contributed by atoms with Gasteiger partial charge in [0.1, 0.15) is 11.5 Å². The minimum Gasteiger partial charge on any atom is -0.478 e. The van der Waals surface area contributed by atoms with E-state index >= 15 is 0 Å². The van der Waals surface area contributed by atoms with E-state index in [4.69, 9.17) is 20.3 Å². The van der Waals surface area contributed by atoms with Crippen LogP contribution in [0, 0.1) is 0 Å². The number of ether oxygens (including phenoxy) is 2. The fourth-order valence-corrected chi connectivity index (χ4v) is 10.5. The summed E-state index contributed by atoms with van der Waals surface area (Å²) in [4.78, 5) is 53.3. The molecule has 0 aromatic heterocycles. The zero-order chi connectivity index (χ0) is 54.9. The fraction of sp³-hybridized carbons (Fsp3) is 0.517. The SMILES string of the molecule is CCCCCN1C(=O)C(C)(C)Oc2cc(C(F)(F)F)c(C(=O)N[C@H]3CCCC[C@@H]3c3ccccc3)cc21.CCCCCN1C(=O)C(C)(C)Oc2cc(C(F)(F)F)c(C(=O)O)cc21.N[C@H]1CCCC[C@@H]1c1ccccc1. The summed E-state index contributed by atoms with van der Waals surface area (Å²) in [7, 11) is 0. The summed E-state index contributed by atoms with van der Waals surface area (Å²) in [5.74, 6) is -2.78. The van der Waals surface area contributed by atoms with Crippen LogP contribution in [0.25, 0.3) is 0 Å². The van der Waals surface area contributed by atoms with Crippen molar-refractivity contribution in [3.63, 3.8) is 0 Å². The molecule has 11 nitrogen and oxygen atoms in total. The van der Waals surface area contributed by atoms with Gasteiger partial charge in [-0.15, -0.1) is 0 Å². The molecular formula is C58H72F6N4O7. The molecule has 8 rings (SSSR count). The molecule has 4 N–H and O–H groups in total. The van der Waals surface area contributed by atoms with Gasteiger partial charge in [0.25, 0.3) is 17.7 Å². The van der Waals surface area contributed by atoms with E-state index in [1.165, 1.54) is 61.0 Å². The van der Waals surface area contributed by atoms with Gasteiger partial charge in [-0.1, -0.05) is 126 Å². The van der Waals surface area contributed by atoms with Crippen LogP contribution in [-0.2, 0) is 21.9 Å². The van der Waals surface area contributed by atoms with Gasteiger partial charge in [-0.2, -0.15) is 26.3 Å². The molecule has 2 aliphatic carbocycles. The fourth-order valence-electron chi connectivity index (χ4n) is 10.5. The van der Waals surface area contributed by atoms with Gasteiger partial charge >= 0.3 is 18.3 Å². The molecule has 2 heterocycles. The number of rotatable bonds is 13. The van der Waals surface area contributed by atoms with Crippen molar-refractivity contribution in [3.05, 3.63) is 118 Å². The zero-order valence-electron chi connectivity index (χ0n) is 43.8. The highest BCUT2D eigenvalue weighted by molar-refractivity contribution is 6.05. The summed E-state index contributed by atoms with van der Waals surface area (Å²) >= 11 is 0. The molecule has 4 aromatic carbocycles. The number of carbonyl (C=O) groups excluding carboxylic acids is 3. The van der Waals surface area contributed by atoms with E-state index in [0.29, 0.717) is 43.8 Å². The van der Waals surface area contributed by atoms with Crippen LogP contribution in [0.5, 0.6) is 11.5 Å². The molecule has 2 aliphatic heterocycles. The van der Waals surface area contributed by atoms with Crippen LogP contribution < -0.4 is 30.3 Å². The number of hydrogen-bond acceptors (Lipinski definition) is 7. The summed E-state index contributed by atoms with van der Waals surface area (Å²) in [5, 5.41) is 12.1. The number of nitrogens with zero attached hydrogens (tertiary/aromatic N) is 2. The molecular weight excluding hydrogens is 979 g/mol. The first kappa shape index (κ1) is 58.2. The predicted octanol–water partition coefficient (Wildman–Crippen LogP) is 13.6. The van der Waals surface area contributed by atoms with Gasteiger partial charge in [0.05, 0.1) is 33.6 Å². The van der Waals surface area contributed by atoms with Crippen LogP contribution in [0.4, 0.5) is 37.7 Å². The first-order valence-electron chi connectivity index (χ1n) is 26.3. The molecule has 3 amide bonds. The second-order valence-electron chi connectivity index (χ2n) is 20.9. The number of unbranched alkanes of at least 4 members (excludes halogenated alkanes) is 4. The number of hydrogen-bond donors (Lipinski definition) is 3. The molecule has 4 aromatic rings. The van der Waals surface area contributed by atoms with E-state index in [2.05, 4.69) is 35.6 Å². The van der Waals surface area contributed by atoms with E-state index in [1.54, 1.807) is 13.8 Å². The van der Waals surface area contributed by atoms with Crippen molar-refractivity contribution in [2.75, 3.05) is 22.9 Å². The Labute approximate surface area is 436 Å². The van der Waals surface area contributed by atoms with Crippen molar-refractivity contribution in [2.24, 2.45) is 5.73 Å². The quantitative estimate of drug-likeness (QED) is 0.0884. The smallest absolute Gasteiger partial charge is 0.417 e. The first-order valence-corrected chi connectivity index (χ1v) is 26.3. The number of nitrogens with two attached hydrogens (primary N) is 1. The van der Waals surface area contributed by atoms with Gasteiger partial charge in [-0.3, -0.25) is 14.4 Å². The van der Waals surface area contributed by atoms with Crippen LogP contribution in [0.15, 0.2) is 84.9 Å². The van der Waals surface area contributed by atoms with E-state index in [9.17, 15) is 45.5 Å². The Hall–Kier alpha value is -6.10. The highest BCUT2D eigenvalue weighted by Crippen LogP contribution is 2.46. The number of alkyl halides is 6. The second kappa shape index (κ2) is 24.7. The summed E-state index contributed by atoms with van der Waals surface area (Å²) in [5.41, 5.74) is 2.50. The lowest BCUT2D eigenvalue weighted by atomic mass is 9.80. The van der Waals surface area contributed by atoms with Crippen LogP contribution in [0.3, 0.4) is 0 Å². The van der Waals surface area contributed by atoms with E-state index < -0.39 is 63.6 Å². The Morgan fingerprint density at radius 1 is 0.627 bits per heavy atom. The number of carbonyl (C=O) groups is 4. The largest absolute Gasteiger partial charge is 0.478 e. The molecule has 408 valence electrons. The Morgan fingerprint density at radius 2 is 1.04 bits per heavy atom. The first-order chi connectivity index (χ1) is 35.4. The van der Waals surface area contributed by atoms with Gasteiger partial charge < -0.3 is 35.4 Å². The number of benzene rings is 4. The maximum Gasteiger partial charge on any atom is 0.417 e. The maximum absolute atomic E-state index is 14.2. The second-order valence-corrected chi connectivity index (χ2v) is 20.9. The number of carboxylic acids is 1. The third-order valence-electron chi connectivity index (χ3n) is 14.4. The molecule has 0 unspecified atom stereocenters. The average molecular weight is 1050 g/mol. The Bertz CT molecular complexity index is 2610. The predicted molar refractivity (Wildman–Crippen MR) is 278 cm³/mol. The van der Waals surface area contributed by atoms with E-state index in [-0.39, 0.29) is 47.3 Å². The Balaban J connectivity index is 0.000000206. The molecule has 2 saturated carbocycles. The molecule has 0 saturated heterocycles. The number of fused-ring (bicyclic) bond motifs is 2. The number of anilines is 2. The summed E-state index contributed by atoms with van der Waals surface area (Å²) < 4.78 is 93.4. The summed E-state index contributed by atoms with van der Waals surface area (Å²) in [6.45, 7) is 10.7. The standard InChI is InChI=1S/C29H35F3N2O3.C17H20F3NO4.C12H17N/c1-4-5-11-16-34-24-17-21(22(29(30,31)32)18-25(24)37-28(2,3)27(34)36)26(35)33-23-15-10-9-14-20(23)19-12-7-6-8-13-19;1-4-5-6-7-21-12-8-10(14(22)23)11(17(18,19)20)9-13(12)25-16(2,3)15(21)24;13-12-9-5-4-8-11(12)10-6-2-1-3-7-10/h6-8,12-13,17-18,20,23H,4-5,9-11,14-16H2,1-3H3,(H,33,35);8-9H,4-7H2,1-3H3,(H,22,23);1-3,6-7,11-12H,4-5,8-9,13H2/t20-,23+;;11-,12+/m1.1/s1. The van der Waals surface area contributed by atoms with Crippen molar-refractivity contribution in [3.8, 4) is 11.5 Å². The van der Waals surface area contributed by atoms with Crippen molar-refractivity contribution in [1.29, 1.82) is 0 Å². The molecule has 4 atom stereocenters. The number of halogens is 6. The van der Waals surface area contributed by atoms with Crippen molar-refractivity contribution < 1.29 is 60.1 Å². The van der Waals surface area contributed by atoms with Crippen LogP contribution in [-0.4, -0.2) is 65.2 Å². The van der Waals surface area contributed by atoms with Gasteiger partial charge in [-0.05, 0) is 108 Å². The number of nitrogens with one attached hydrogen (secondary N) is 1. The van der Waals surface area contributed by atoms with Crippen molar-refractivity contribution >= 4 is 35.1 Å². The van der Waals surface area contributed by atoms with Gasteiger partial charge in [0.15, 0.2) is 11.2 Å². The third-order valence-corrected chi connectivity index (χ3v) is 14.4. The number of carboxylic acid groups (broad SMARTS) is 1. The summed E-state index contributed by atoms with van der Waals surface area (Å²) in [6.07, 6.45) is 3.84. The Kier molecular flexibility index (Phi) is 19.2. The zero-order valence-corrected chi connectivity index (χ0v) is 43.8. The molecule has 17 heteroatoms. The normalized spacial score (nSPS) is 20.9. The molecule has 4 aliphatic rings. The van der Waals surface area contributed by atoms with Gasteiger partial charge in [0, 0.05) is 31.1 Å². The monoisotopic (exact) mass is 1050 g/mol. The molecule has 75 heavy (non-hydrogen) atoms.